The largest absolute Gasteiger partial charge is 0.480 e. The summed E-state index contributed by atoms with van der Waals surface area (Å²) in [5, 5.41) is 19.5. The van der Waals surface area contributed by atoms with Gasteiger partial charge in [-0.2, -0.15) is 11.8 Å². The summed E-state index contributed by atoms with van der Waals surface area (Å²) in [4.78, 5) is 32.5. The maximum atomic E-state index is 12.1. The fraction of sp³-hybridized carbons (Fsp3) is 0.444. The van der Waals surface area contributed by atoms with E-state index in [1.165, 1.54) is 47.1 Å². The van der Waals surface area contributed by atoms with Gasteiger partial charge in [-0.1, -0.05) is 141 Å². The Hall–Kier alpha value is -4.75. The topological polar surface area (TPSA) is 99.3 Å². The number of hydrogen-bond acceptors (Lipinski definition) is 5. The van der Waals surface area contributed by atoms with Gasteiger partial charge in [0, 0.05) is 18.9 Å². The van der Waals surface area contributed by atoms with Crippen molar-refractivity contribution in [2.75, 3.05) is 11.5 Å². The van der Waals surface area contributed by atoms with Crippen LogP contribution in [-0.2, 0) is 16.0 Å². The average Bonchev–Trinajstić information content (AvgIpc) is 3.18. The van der Waals surface area contributed by atoms with Crippen LogP contribution in [0.25, 0.3) is 0 Å². The fourth-order valence-corrected chi connectivity index (χ4v) is 9.35. The van der Waals surface area contributed by atoms with Crippen molar-refractivity contribution >= 4 is 36.1 Å². The van der Waals surface area contributed by atoms with Crippen LogP contribution in [0.15, 0.2) is 158 Å². The van der Waals surface area contributed by atoms with E-state index in [0.717, 1.165) is 46.6 Å². The quantitative estimate of drug-likeness (QED) is 0.0729. The second-order valence-electron chi connectivity index (χ2n) is 18.0. The van der Waals surface area contributed by atoms with Gasteiger partial charge in [0.05, 0.1) is 0 Å². The van der Waals surface area contributed by atoms with Crippen LogP contribution in [0.4, 0.5) is 0 Å². The monoisotopic (exact) mass is 845 g/mol. The Morgan fingerprint density at radius 1 is 0.738 bits per heavy atom. The van der Waals surface area contributed by atoms with E-state index in [2.05, 4.69) is 102 Å². The second-order valence-corrected chi connectivity index (χ2v) is 19.1. The van der Waals surface area contributed by atoms with E-state index in [9.17, 15) is 19.8 Å². The minimum atomic E-state index is -0.938. The highest BCUT2D eigenvalue weighted by atomic mass is 32.2. The summed E-state index contributed by atoms with van der Waals surface area (Å²) in [5.74, 6) is 0.364. The molecule has 0 fully saturated rings. The van der Waals surface area contributed by atoms with E-state index in [1.807, 2.05) is 92.4 Å². The molecule has 0 aromatic heterocycles. The van der Waals surface area contributed by atoms with Crippen molar-refractivity contribution in [3.05, 3.63) is 153 Å². The van der Waals surface area contributed by atoms with E-state index in [0.29, 0.717) is 18.8 Å². The molecule has 1 aromatic rings. The summed E-state index contributed by atoms with van der Waals surface area (Å²) in [6.07, 6.45) is 34.8. The molecule has 7 heteroatoms. The molecule has 1 aromatic carbocycles. The number of carboxylic acid groups (broad SMARTS) is 2. The van der Waals surface area contributed by atoms with Crippen LogP contribution in [0.1, 0.15) is 113 Å². The molecule has 0 heterocycles. The molecule has 6 nitrogen and oxygen atoms in total. The van der Waals surface area contributed by atoms with Crippen molar-refractivity contribution in [3.63, 3.8) is 0 Å². The van der Waals surface area contributed by atoms with Crippen molar-refractivity contribution in [2.24, 2.45) is 26.7 Å². The second kappa shape index (κ2) is 25.2. The Kier molecular flexibility index (Phi) is 20.9. The Morgan fingerprint density at radius 3 is 1.82 bits per heavy atom. The Labute approximate surface area is 372 Å². The zero-order chi connectivity index (χ0) is 45.0. The predicted octanol–water partition coefficient (Wildman–Crippen LogP) is 13.7. The molecule has 2 aliphatic rings. The Bertz CT molecular complexity index is 2030. The van der Waals surface area contributed by atoms with Gasteiger partial charge in [-0.25, -0.2) is 9.59 Å². The molecule has 0 spiro atoms. The zero-order valence-corrected chi connectivity index (χ0v) is 39.4. The molecule has 3 rings (SSSR count). The highest BCUT2D eigenvalue weighted by molar-refractivity contribution is 7.99. The van der Waals surface area contributed by atoms with Crippen LogP contribution >= 0.6 is 11.8 Å². The summed E-state index contributed by atoms with van der Waals surface area (Å²) in [7, 11) is 0. The van der Waals surface area contributed by atoms with Crippen LogP contribution in [-0.4, -0.2) is 58.2 Å². The van der Waals surface area contributed by atoms with Crippen LogP contribution in [0.2, 0.25) is 0 Å². The van der Waals surface area contributed by atoms with Gasteiger partial charge in [0.15, 0.2) is 6.04 Å². The van der Waals surface area contributed by atoms with Gasteiger partial charge >= 0.3 is 11.9 Å². The first kappa shape index (κ1) is 50.6. The number of aliphatic imine (C=N–C) groups is 2. The normalized spacial score (nSPS) is 20.7. The van der Waals surface area contributed by atoms with Gasteiger partial charge in [0.1, 0.15) is 6.04 Å². The van der Waals surface area contributed by atoms with Gasteiger partial charge in [-0.05, 0) is 148 Å². The Morgan fingerprint density at radius 2 is 1.26 bits per heavy atom. The Balaban J connectivity index is 1.50. The number of aliphatic carboxylic acids is 2. The van der Waals surface area contributed by atoms with Gasteiger partial charge in [-0.15, -0.1) is 0 Å². The first-order chi connectivity index (χ1) is 28.9. The first-order valence-corrected chi connectivity index (χ1v) is 23.0. The number of carbonyl (C=O) groups is 2. The molecular weight excluding hydrogens is 773 g/mol. The maximum Gasteiger partial charge on any atom is 0.328 e. The maximum absolute atomic E-state index is 12.1. The molecule has 3 unspecified atom stereocenters. The number of thioether (sulfide) groups is 1. The standard InChI is InChI=1S/C54H72N2O4S/c1-39(24-28-47-43(5)21-16-33-53(47,7)8)17-14-19-41(3)30-34-55-49(51(57)58)32-36-61-38-46-27-26-44(6)48(54(46,9)10)29-25-40(2)18-15-20-42(4)31-35-56-50(52(59)60)37-45-22-12-11-13-23-45/h11-15,17-20,22-25,28-31,34-35,46,49-50H,16,21,26-27,32-33,36-38H2,1-10H3,(H,57,58)(H,59,60)/b19-14+,20-15+,28-24+,29-25+,39-17+,40-18+,41-30+,42-31+,55-34?,56-35?. The molecular formula is C54H72N2O4S. The number of hydrogen-bond donors (Lipinski definition) is 2. The average molecular weight is 845 g/mol. The minimum Gasteiger partial charge on any atom is -0.480 e. The number of nitrogens with zero attached hydrogens (tertiary/aromatic N) is 2. The number of rotatable bonds is 21. The molecule has 0 radical (unpaired) electrons. The van der Waals surface area contributed by atoms with Gasteiger partial charge < -0.3 is 10.2 Å². The lowest BCUT2D eigenvalue weighted by Gasteiger charge is -2.41. The van der Waals surface area contributed by atoms with E-state index in [4.69, 9.17) is 0 Å². The smallest absolute Gasteiger partial charge is 0.328 e. The van der Waals surface area contributed by atoms with Crippen molar-refractivity contribution in [1.29, 1.82) is 0 Å². The molecule has 0 aliphatic heterocycles. The van der Waals surface area contributed by atoms with Crippen molar-refractivity contribution < 1.29 is 19.8 Å². The lowest BCUT2D eigenvalue weighted by molar-refractivity contribution is -0.139. The number of carboxylic acids is 2. The molecule has 3 atom stereocenters. The number of benzene rings is 1. The van der Waals surface area contributed by atoms with E-state index in [1.54, 1.807) is 12.4 Å². The number of allylic oxidation sites excluding steroid dienone is 20. The van der Waals surface area contributed by atoms with Crippen molar-refractivity contribution in [2.45, 2.75) is 126 Å². The van der Waals surface area contributed by atoms with Gasteiger partial charge in [-0.3, -0.25) is 9.98 Å². The lowest BCUT2D eigenvalue weighted by atomic mass is 9.66. The van der Waals surface area contributed by atoms with Crippen molar-refractivity contribution in [3.8, 4) is 0 Å². The van der Waals surface area contributed by atoms with Crippen LogP contribution in [0.5, 0.6) is 0 Å². The highest BCUT2D eigenvalue weighted by Gasteiger charge is 2.36. The SMILES string of the molecule is CC1=C(/C=C/C(C)=C/C=C/C(C)=C/C=NC(CCSCC2CCC(C)=C(/C=C/C(C)=C/C=C/C(C)=C/C=NC(Cc3ccccc3)C(=O)O)C2(C)C)C(=O)O)C(C)(C)CCC1. The molecule has 61 heavy (non-hydrogen) atoms. The first-order valence-electron chi connectivity index (χ1n) is 21.8. The summed E-state index contributed by atoms with van der Waals surface area (Å²) >= 11 is 1.83. The zero-order valence-electron chi connectivity index (χ0n) is 38.6. The molecule has 2 aliphatic carbocycles. The van der Waals surface area contributed by atoms with Gasteiger partial charge in [0.2, 0.25) is 0 Å². The molecule has 0 saturated carbocycles. The van der Waals surface area contributed by atoms with Gasteiger partial charge in [0.25, 0.3) is 0 Å². The molecule has 0 bridgehead atoms. The summed E-state index contributed by atoms with van der Waals surface area (Å²) < 4.78 is 0. The van der Waals surface area contributed by atoms with E-state index in [-0.39, 0.29) is 10.8 Å². The van der Waals surface area contributed by atoms with Crippen LogP contribution < -0.4 is 0 Å². The van der Waals surface area contributed by atoms with Crippen LogP contribution in [0.3, 0.4) is 0 Å². The third kappa shape index (κ3) is 17.6. The summed E-state index contributed by atoms with van der Waals surface area (Å²) in [5.41, 5.74) is 11.2. The van der Waals surface area contributed by atoms with E-state index >= 15 is 0 Å². The predicted molar refractivity (Wildman–Crippen MR) is 263 cm³/mol. The lowest BCUT2D eigenvalue weighted by Crippen LogP contribution is -2.32. The van der Waals surface area contributed by atoms with Crippen molar-refractivity contribution in [1.82, 2.24) is 0 Å². The third-order valence-electron chi connectivity index (χ3n) is 12.0. The molecule has 0 amide bonds. The molecule has 328 valence electrons. The van der Waals surface area contributed by atoms with E-state index < -0.39 is 24.0 Å². The summed E-state index contributed by atoms with van der Waals surface area (Å²) in [6.45, 7) is 22.0. The summed E-state index contributed by atoms with van der Waals surface area (Å²) in [6, 6.07) is 7.96. The highest BCUT2D eigenvalue weighted by Crippen LogP contribution is 2.46. The fourth-order valence-electron chi connectivity index (χ4n) is 7.92. The van der Waals surface area contributed by atoms with Crippen LogP contribution in [0, 0.1) is 16.7 Å². The molecule has 0 saturated heterocycles. The minimum absolute atomic E-state index is 0.0119. The molecule has 2 N–H and O–H groups in total. The third-order valence-corrected chi connectivity index (χ3v) is 13.1.